The number of alkyl halides is 2. The van der Waals surface area contributed by atoms with Crippen LogP contribution in [0.5, 0.6) is 0 Å². The van der Waals surface area contributed by atoms with E-state index in [1.807, 2.05) is 24.3 Å². The lowest BCUT2D eigenvalue weighted by atomic mass is 9.73. The second-order valence-electron chi connectivity index (χ2n) is 9.22. The third-order valence-corrected chi connectivity index (χ3v) is 6.73. The van der Waals surface area contributed by atoms with Crippen LogP contribution in [0.15, 0.2) is 48.5 Å². The van der Waals surface area contributed by atoms with Crippen LogP contribution in [-0.4, -0.2) is 48.7 Å². The number of fused-ring (bicyclic) bond motifs is 3. The van der Waals surface area contributed by atoms with Gasteiger partial charge in [0, 0.05) is 18.9 Å². The molecule has 2 aliphatic rings. The normalized spacial score (nSPS) is 19.3. The Hall–Kier alpha value is -3.49. The van der Waals surface area contributed by atoms with Gasteiger partial charge in [-0.2, -0.15) is 0 Å². The number of carbonyl (C=O) groups is 3. The van der Waals surface area contributed by atoms with E-state index in [2.05, 4.69) is 34.9 Å². The van der Waals surface area contributed by atoms with Gasteiger partial charge in [-0.25, -0.2) is 13.6 Å². The number of rotatable bonds is 10. The molecule has 9 heteroatoms. The van der Waals surface area contributed by atoms with E-state index in [-0.39, 0.29) is 30.8 Å². The SMILES string of the molecule is O=C(O)CC(NC(=O)CC1CC(CNC(=O)OCC2c3ccccc3-c3ccccc32)C1)C(F)F. The fourth-order valence-corrected chi connectivity index (χ4v) is 5.00. The van der Waals surface area contributed by atoms with Gasteiger partial charge in [-0.05, 0) is 46.9 Å². The standard InChI is InChI=1S/C26H28F2N2O5/c27-25(28)22(12-24(32)33)30-23(31)11-15-9-16(10-15)13-29-26(34)35-14-21-19-7-3-1-5-17(19)18-6-2-4-8-20(18)21/h1-8,15-16,21-22,25H,9-14H2,(H,29,34)(H,30,31)(H,32,33). The third kappa shape index (κ3) is 5.96. The van der Waals surface area contributed by atoms with Crippen molar-refractivity contribution in [2.45, 2.75) is 44.1 Å². The van der Waals surface area contributed by atoms with Crippen LogP contribution < -0.4 is 10.6 Å². The highest BCUT2D eigenvalue weighted by molar-refractivity contribution is 5.79. The molecular weight excluding hydrogens is 458 g/mol. The summed E-state index contributed by atoms with van der Waals surface area (Å²) in [6.45, 7) is 0.641. The molecule has 2 aromatic rings. The van der Waals surface area contributed by atoms with Gasteiger partial charge in [-0.1, -0.05) is 48.5 Å². The highest BCUT2D eigenvalue weighted by Gasteiger charge is 2.33. The Kier molecular flexibility index (Phi) is 7.63. The molecule has 1 fully saturated rings. The second kappa shape index (κ2) is 10.8. The van der Waals surface area contributed by atoms with Crippen LogP contribution in [0.1, 0.15) is 42.7 Å². The van der Waals surface area contributed by atoms with Gasteiger partial charge in [0.2, 0.25) is 5.91 Å². The van der Waals surface area contributed by atoms with E-state index < -0.39 is 36.9 Å². The molecule has 2 amide bonds. The maximum absolute atomic E-state index is 12.9. The van der Waals surface area contributed by atoms with Crippen molar-refractivity contribution in [1.82, 2.24) is 10.6 Å². The van der Waals surface area contributed by atoms with Gasteiger partial charge in [0.05, 0.1) is 6.42 Å². The molecule has 0 aliphatic heterocycles. The maximum Gasteiger partial charge on any atom is 0.407 e. The van der Waals surface area contributed by atoms with Crippen molar-refractivity contribution in [3.63, 3.8) is 0 Å². The van der Waals surface area contributed by atoms with Gasteiger partial charge >= 0.3 is 12.1 Å². The minimum atomic E-state index is -2.94. The van der Waals surface area contributed by atoms with Crippen molar-refractivity contribution >= 4 is 18.0 Å². The van der Waals surface area contributed by atoms with Crippen molar-refractivity contribution in [3.8, 4) is 11.1 Å². The number of carboxylic acids is 1. The Balaban J connectivity index is 1.17. The minimum absolute atomic E-state index is 0.0158. The van der Waals surface area contributed by atoms with E-state index >= 15 is 0 Å². The lowest BCUT2D eigenvalue weighted by Crippen LogP contribution is -2.43. The van der Waals surface area contributed by atoms with Gasteiger partial charge < -0.3 is 20.5 Å². The summed E-state index contributed by atoms with van der Waals surface area (Å²) in [7, 11) is 0. The molecule has 1 atom stereocenters. The number of halogens is 2. The summed E-state index contributed by atoms with van der Waals surface area (Å²) < 4.78 is 31.3. The van der Waals surface area contributed by atoms with Crippen LogP contribution in [0.4, 0.5) is 13.6 Å². The van der Waals surface area contributed by atoms with E-state index in [1.165, 1.54) is 0 Å². The Morgan fingerprint density at radius 3 is 2.14 bits per heavy atom. The lowest BCUT2D eigenvalue weighted by molar-refractivity contribution is -0.139. The molecule has 2 aliphatic carbocycles. The highest BCUT2D eigenvalue weighted by Crippen LogP contribution is 2.44. The van der Waals surface area contributed by atoms with Crippen molar-refractivity contribution in [2.24, 2.45) is 11.8 Å². The van der Waals surface area contributed by atoms with E-state index in [9.17, 15) is 23.2 Å². The number of hydrogen-bond acceptors (Lipinski definition) is 4. The molecule has 4 rings (SSSR count). The summed E-state index contributed by atoms with van der Waals surface area (Å²) in [4.78, 5) is 34.9. The lowest BCUT2D eigenvalue weighted by Gasteiger charge is -2.35. The van der Waals surface area contributed by atoms with E-state index in [1.54, 1.807) is 0 Å². The zero-order valence-corrected chi connectivity index (χ0v) is 19.1. The molecule has 1 unspecified atom stereocenters. The molecule has 0 bridgehead atoms. The Morgan fingerprint density at radius 1 is 0.971 bits per heavy atom. The van der Waals surface area contributed by atoms with Crippen molar-refractivity contribution in [2.75, 3.05) is 13.2 Å². The molecule has 0 saturated heterocycles. The molecule has 35 heavy (non-hydrogen) atoms. The summed E-state index contributed by atoms with van der Waals surface area (Å²) in [6.07, 6.45) is -2.84. The third-order valence-electron chi connectivity index (χ3n) is 6.73. The smallest absolute Gasteiger partial charge is 0.407 e. The van der Waals surface area contributed by atoms with Gasteiger partial charge in [0.15, 0.2) is 0 Å². The molecule has 0 radical (unpaired) electrons. The van der Waals surface area contributed by atoms with E-state index in [0.717, 1.165) is 22.3 Å². The summed E-state index contributed by atoms with van der Waals surface area (Å²) in [6, 6.07) is 14.5. The van der Waals surface area contributed by atoms with Crippen molar-refractivity contribution < 1.29 is 33.0 Å². The molecule has 1 saturated carbocycles. The first-order valence-electron chi connectivity index (χ1n) is 11.7. The predicted octanol–water partition coefficient (Wildman–Crippen LogP) is 4.17. The Bertz CT molecular complexity index is 1040. The number of benzene rings is 2. The minimum Gasteiger partial charge on any atom is -0.481 e. The molecule has 0 heterocycles. The van der Waals surface area contributed by atoms with Crippen molar-refractivity contribution in [3.05, 3.63) is 59.7 Å². The number of aliphatic carboxylic acids is 1. The number of carboxylic acid groups (broad SMARTS) is 1. The van der Waals surface area contributed by atoms with Crippen LogP contribution >= 0.6 is 0 Å². The molecule has 2 aromatic carbocycles. The second-order valence-corrected chi connectivity index (χ2v) is 9.22. The highest BCUT2D eigenvalue weighted by atomic mass is 19.3. The topological polar surface area (TPSA) is 105 Å². The van der Waals surface area contributed by atoms with E-state index in [0.29, 0.717) is 19.4 Å². The van der Waals surface area contributed by atoms with Gasteiger partial charge in [-0.3, -0.25) is 9.59 Å². The monoisotopic (exact) mass is 486 g/mol. The van der Waals surface area contributed by atoms with Gasteiger partial charge in [-0.15, -0.1) is 0 Å². The Morgan fingerprint density at radius 2 is 1.57 bits per heavy atom. The summed E-state index contributed by atoms with van der Waals surface area (Å²) in [5.41, 5.74) is 4.59. The van der Waals surface area contributed by atoms with Crippen LogP contribution in [0.3, 0.4) is 0 Å². The summed E-state index contributed by atoms with van der Waals surface area (Å²) in [5.74, 6) is -1.79. The average molecular weight is 487 g/mol. The first kappa shape index (κ1) is 24.6. The number of hydrogen-bond donors (Lipinski definition) is 3. The van der Waals surface area contributed by atoms with Crippen LogP contribution in [0.25, 0.3) is 11.1 Å². The molecule has 186 valence electrons. The number of amides is 2. The number of nitrogens with one attached hydrogen (secondary N) is 2. The summed E-state index contributed by atoms with van der Waals surface area (Å²) >= 11 is 0. The van der Waals surface area contributed by atoms with Crippen molar-refractivity contribution in [1.29, 1.82) is 0 Å². The Labute approximate surface area is 201 Å². The fraction of sp³-hybridized carbons (Fsp3) is 0.423. The van der Waals surface area contributed by atoms with Crippen LogP contribution in [0, 0.1) is 11.8 Å². The zero-order valence-electron chi connectivity index (χ0n) is 19.1. The molecule has 0 spiro atoms. The quantitative estimate of drug-likeness (QED) is 0.468. The zero-order chi connectivity index (χ0) is 24.9. The predicted molar refractivity (Wildman–Crippen MR) is 124 cm³/mol. The number of ether oxygens (including phenoxy) is 1. The largest absolute Gasteiger partial charge is 0.481 e. The van der Waals surface area contributed by atoms with E-state index in [4.69, 9.17) is 9.84 Å². The van der Waals surface area contributed by atoms with Gasteiger partial charge in [0.25, 0.3) is 6.43 Å². The summed E-state index contributed by atoms with van der Waals surface area (Å²) in [5, 5.41) is 13.6. The van der Waals surface area contributed by atoms with Gasteiger partial charge in [0.1, 0.15) is 12.6 Å². The maximum atomic E-state index is 12.9. The van der Waals surface area contributed by atoms with Crippen LogP contribution in [0.2, 0.25) is 0 Å². The number of alkyl carbamates (subject to hydrolysis) is 1. The first-order valence-corrected chi connectivity index (χ1v) is 11.7. The molecule has 3 N–H and O–H groups in total. The molecule has 7 nitrogen and oxygen atoms in total. The molecule has 0 aromatic heterocycles. The fourth-order valence-electron chi connectivity index (χ4n) is 5.00. The number of carbonyl (C=O) groups excluding carboxylic acids is 2. The molecular formula is C26H28F2N2O5. The first-order chi connectivity index (χ1) is 16.8. The van der Waals surface area contributed by atoms with Crippen LogP contribution in [-0.2, 0) is 14.3 Å². The average Bonchev–Trinajstić information content (AvgIpc) is 3.12.